The Bertz CT molecular complexity index is 664. The van der Waals surface area contributed by atoms with Crippen LogP contribution in [0, 0.1) is 0 Å². The van der Waals surface area contributed by atoms with Gasteiger partial charge in [0.05, 0.1) is 10.5 Å². The van der Waals surface area contributed by atoms with Gasteiger partial charge in [0.1, 0.15) is 0 Å². The second-order valence-corrected chi connectivity index (χ2v) is 5.71. The summed E-state index contributed by atoms with van der Waals surface area (Å²) in [6.45, 7) is 4.50. The zero-order chi connectivity index (χ0) is 15.4. The van der Waals surface area contributed by atoms with Crippen molar-refractivity contribution in [3.05, 3.63) is 42.1 Å². The SMILES string of the molecule is CC(C)N(CCC(N)=S)C(=O)c1cccc2ncccc12. The molecule has 0 saturated heterocycles. The van der Waals surface area contributed by atoms with Gasteiger partial charge in [-0.15, -0.1) is 0 Å². The van der Waals surface area contributed by atoms with Crippen molar-refractivity contribution in [3.8, 4) is 0 Å². The standard InChI is InChI=1S/C16H19N3OS/c1-11(2)19(10-8-15(17)21)16(20)13-5-3-7-14-12(13)6-4-9-18-14/h3-7,9,11H,8,10H2,1-2H3,(H2,17,21). The Kier molecular flexibility index (Phi) is 4.85. The minimum atomic E-state index is -0.0140. The number of pyridine rings is 1. The number of nitrogens with zero attached hydrogens (tertiary/aromatic N) is 2. The molecule has 0 spiro atoms. The first kappa shape index (κ1) is 15.4. The summed E-state index contributed by atoms with van der Waals surface area (Å²) >= 11 is 4.91. The fraction of sp³-hybridized carbons (Fsp3) is 0.312. The van der Waals surface area contributed by atoms with Gasteiger partial charge in [-0.25, -0.2) is 0 Å². The topological polar surface area (TPSA) is 59.2 Å². The number of amides is 1. The number of nitrogens with two attached hydrogens (primary N) is 1. The number of hydrogen-bond acceptors (Lipinski definition) is 3. The lowest BCUT2D eigenvalue weighted by atomic mass is 10.1. The molecule has 1 heterocycles. The molecule has 0 unspecified atom stereocenters. The summed E-state index contributed by atoms with van der Waals surface area (Å²) in [5.74, 6) is -0.0140. The minimum absolute atomic E-state index is 0.0140. The van der Waals surface area contributed by atoms with E-state index in [0.29, 0.717) is 23.5 Å². The molecule has 2 aromatic rings. The van der Waals surface area contributed by atoms with Crippen molar-refractivity contribution in [1.29, 1.82) is 0 Å². The Morgan fingerprint density at radius 1 is 1.33 bits per heavy atom. The van der Waals surface area contributed by atoms with Crippen molar-refractivity contribution in [2.75, 3.05) is 6.54 Å². The normalized spacial score (nSPS) is 10.8. The Balaban J connectivity index is 2.37. The van der Waals surface area contributed by atoms with Crippen molar-refractivity contribution in [3.63, 3.8) is 0 Å². The highest BCUT2D eigenvalue weighted by molar-refractivity contribution is 7.80. The van der Waals surface area contributed by atoms with E-state index in [4.69, 9.17) is 18.0 Å². The molecule has 0 radical (unpaired) electrons. The molecule has 2 N–H and O–H groups in total. The lowest BCUT2D eigenvalue weighted by Crippen LogP contribution is -2.39. The Labute approximate surface area is 130 Å². The third-order valence-electron chi connectivity index (χ3n) is 3.36. The Morgan fingerprint density at radius 3 is 2.76 bits per heavy atom. The van der Waals surface area contributed by atoms with E-state index in [9.17, 15) is 4.79 Å². The van der Waals surface area contributed by atoms with Crippen molar-refractivity contribution in [1.82, 2.24) is 9.88 Å². The molecule has 4 nitrogen and oxygen atoms in total. The van der Waals surface area contributed by atoms with Crippen LogP contribution in [-0.4, -0.2) is 33.4 Å². The van der Waals surface area contributed by atoms with E-state index < -0.39 is 0 Å². The highest BCUT2D eigenvalue weighted by Gasteiger charge is 2.20. The summed E-state index contributed by atoms with van der Waals surface area (Å²) in [7, 11) is 0. The van der Waals surface area contributed by atoms with Crippen LogP contribution >= 0.6 is 12.2 Å². The van der Waals surface area contributed by atoms with E-state index in [1.54, 1.807) is 11.1 Å². The second-order valence-electron chi connectivity index (χ2n) is 5.18. The predicted molar refractivity (Wildman–Crippen MR) is 89.3 cm³/mol. The summed E-state index contributed by atoms with van der Waals surface area (Å²) in [6.07, 6.45) is 2.26. The molecular formula is C16H19N3OS. The summed E-state index contributed by atoms with van der Waals surface area (Å²) in [5, 5.41) is 0.867. The Hall–Kier alpha value is -2.01. The molecule has 0 bridgehead atoms. The largest absolute Gasteiger partial charge is 0.393 e. The number of thiocarbonyl (C=S) groups is 1. The van der Waals surface area contributed by atoms with E-state index in [-0.39, 0.29) is 11.9 Å². The van der Waals surface area contributed by atoms with Crippen LogP contribution in [0.15, 0.2) is 36.5 Å². The molecule has 2 rings (SSSR count). The molecule has 110 valence electrons. The third kappa shape index (κ3) is 3.55. The summed E-state index contributed by atoms with van der Waals surface area (Å²) in [6, 6.07) is 9.44. The smallest absolute Gasteiger partial charge is 0.254 e. The number of carbonyl (C=O) groups excluding carboxylic acids is 1. The zero-order valence-electron chi connectivity index (χ0n) is 12.2. The molecule has 0 aliphatic carbocycles. The quantitative estimate of drug-likeness (QED) is 0.863. The van der Waals surface area contributed by atoms with Crippen LogP contribution in [0.4, 0.5) is 0 Å². The van der Waals surface area contributed by atoms with Gasteiger partial charge in [-0.1, -0.05) is 24.4 Å². The first-order chi connectivity index (χ1) is 10.0. The average molecular weight is 301 g/mol. The molecular weight excluding hydrogens is 282 g/mol. The van der Waals surface area contributed by atoms with Crippen molar-refractivity contribution < 1.29 is 4.79 Å². The van der Waals surface area contributed by atoms with Gasteiger partial charge >= 0.3 is 0 Å². The molecule has 0 saturated carbocycles. The van der Waals surface area contributed by atoms with Crippen LogP contribution in [0.3, 0.4) is 0 Å². The van der Waals surface area contributed by atoms with Crippen molar-refractivity contribution >= 4 is 34.0 Å². The summed E-state index contributed by atoms with van der Waals surface area (Å²) in [4.78, 5) is 19.3. The number of carbonyl (C=O) groups is 1. The van der Waals surface area contributed by atoms with Crippen LogP contribution in [-0.2, 0) is 0 Å². The Morgan fingerprint density at radius 2 is 2.10 bits per heavy atom. The number of rotatable bonds is 5. The lowest BCUT2D eigenvalue weighted by molar-refractivity contribution is 0.0713. The fourth-order valence-electron chi connectivity index (χ4n) is 2.27. The van der Waals surface area contributed by atoms with E-state index in [1.165, 1.54) is 0 Å². The van der Waals surface area contributed by atoms with Gasteiger partial charge in [0.2, 0.25) is 0 Å². The number of fused-ring (bicyclic) bond motifs is 1. The molecule has 21 heavy (non-hydrogen) atoms. The maximum absolute atomic E-state index is 12.8. The third-order valence-corrected chi connectivity index (χ3v) is 3.56. The maximum Gasteiger partial charge on any atom is 0.254 e. The van der Waals surface area contributed by atoms with E-state index in [1.807, 2.05) is 44.2 Å². The van der Waals surface area contributed by atoms with Gasteiger partial charge in [0.15, 0.2) is 0 Å². The average Bonchev–Trinajstić information content (AvgIpc) is 2.46. The minimum Gasteiger partial charge on any atom is -0.393 e. The van der Waals surface area contributed by atoms with Gasteiger partial charge in [-0.2, -0.15) is 0 Å². The molecule has 0 atom stereocenters. The van der Waals surface area contributed by atoms with Crippen molar-refractivity contribution in [2.24, 2.45) is 5.73 Å². The molecule has 0 aliphatic rings. The van der Waals surface area contributed by atoms with Gasteiger partial charge in [0.25, 0.3) is 5.91 Å². The first-order valence-corrected chi connectivity index (χ1v) is 7.34. The second kappa shape index (κ2) is 6.63. The van der Waals surface area contributed by atoms with Crippen LogP contribution in [0.1, 0.15) is 30.6 Å². The van der Waals surface area contributed by atoms with Gasteiger partial charge in [-0.3, -0.25) is 9.78 Å². The summed E-state index contributed by atoms with van der Waals surface area (Å²) in [5.41, 5.74) is 7.04. The lowest BCUT2D eigenvalue weighted by Gasteiger charge is -2.27. The summed E-state index contributed by atoms with van der Waals surface area (Å²) < 4.78 is 0. The highest BCUT2D eigenvalue weighted by atomic mass is 32.1. The molecule has 1 aromatic carbocycles. The van der Waals surface area contributed by atoms with Crippen LogP contribution in [0.2, 0.25) is 0 Å². The van der Waals surface area contributed by atoms with Crippen LogP contribution < -0.4 is 5.73 Å². The number of hydrogen-bond donors (Lipinski definition) is 1. The highest BCUT2D eigenvalue weighted by Crippen LogP contribution is 2.19. The monoisotopic (exact) mass is 301 g/mol. The first-order valence-electron chi connectivity index (χ1n) is 6.93. The molecule has 0 fully saturated rings. The number of benzene rings is 1. The molecule has 5 heteroatoms. The fourth-order valence-corrected chi connectivity index (χ4v) is 2.36. The van der Waals surface area contributed by atoms with Crippen LogP contribution in [0.5, 0.6) is 0 Å². The molecule has 1 amide bonds. The van der Waals surface area contributed by atoms with Crippen LogP contribution in [0.25, 0.3) is 10.9 Å². The number of aromatic nitrogens is 1. The van der Waals surface area contributed by atoms with Crippen molar-refractivity contribution in [2.45, 2.75) is 26.3 Å². The van der Waals surface area contributed by atoms with Gasteiger partial charge < -0.3 is 10.6 Å². The van der Waals surface area contributed by atoms with Gasteiger partial charge in [0, 0.05) is 36.2 Å². The molecule has 1 aromatic heterocycles. The van der Waals surface area contributed by atoms with Gasteiger partial charge in [-0.05, 0) is 32.0 Å². The maximum atomic E-state index is 12.8. The molecule has 0 aliphatic heterocycles. The van der Waals surface area contributed by atoms with E-state index in [0.717, 1.165) is 10.9 Å². The predicted octanol–water partition coefficient (Wildman–Crippen LogP) is 2.76. The van der Waals surface area contributed by atoms with E-state index in [2.05, 4.69) is 4.98 Å². The van der Waals surface area contributed by atoms with E-state index >= 15 is 0 Å². The zero-order valence-corrected chi connectivity index (χ0v) is 13.1.